The van der Waals surface area contributed by atoms with Gasteiger partial charge in [-0.1, -0.05) is 15.9 Å². The Hall–Kier alpha value is -2.55. The zero-order valence-electron chi connectivity index (χ0n) is 15.2. The van der Waals surface area contributed by atoms with Crippen molar-refractivity contribution in [2.45, 2.75) is 6.54 Å². The molecule has 1 fully saturated rings. The van der Waals surface area contributed by atoms with Gasteiger partial charge in [-0.05, 0) is 42.0 Å². The van der Waals surface area contributed by atoms with Crippen LogP contribution >= 0.6 is 15.9 Å². The minimum absolute atomic E-state index is 0.456. The second kappa shape index (κ2) is 8.22. The Morgan fingerprint density at radius 1 is 1.21 bits per heavy atom. The van der Waals surface area contributed by atoms with E-state index in [0.29, 0.717) is 11.5 Å². The van der Waals surface area contributed by atoms with Gasteiger partial charge in [-0.25, -0.2) is 9.97 Å². The summed E-state index contributed by atoms with van der Waals surface area (Å²) in [5.41, 5.74) is 8.56. The normalized spacial score (nSPS) is 14.9. The number of carbonyl (C=O) groups is 1. The first-order chi connectivity index (χ1) is 13.6. The van der Waals surface area contributed by atoms with Gasteiger partial charge in [0.15, 0.2) is 0 Å². The highest BCUT2D eigenvalue weighted by Gasteiger charge is 2.13. The van der Waals surface area contributed by atoms with Gasteiger partial charge in [-0.15, -0.1) is 0 Å². The Morgan fingerprint density at radius 3 is 2.82 bits per heavy atom. The number of anilines is 2. The molecule has 0 unspecified atom stereocenters. The maximum absolute atomic E-state index is 11.8. The Balaban J connectivity index is 1.60. The lowest BCUT2D eigenvalue weighted by atomic mass is 10.1. The van der Waals surface area contributed by atoms with Crippen molar-refractivity contribution in [3.05, 3.63) is 58.2 Å². The van der Waals surface area contributed by atoms with Crippen molar-refractivity contribution < 1.29 is 9.53 Å². The first-order valence-corrected chi connectivity index (χ1v) is 9.79. The summed E-state index contributed by atoms with van der Waals surface area (Å²) in [7, 11) is 0. The predicted molar refractivity (Wildman–Crippen MR) is 112 cm³/mol. The summed E-state index contributed by atoms with van der Waals surface area (Å²) in [4.78, 5) is 23.0. The molecular formula is C20H20BrN5O2. The molecule has 2 aromatic carbocycles. The van der Waals surface area contributed by atoms with E-state index in [1.165, 1.54) is 0 Å². The van der Waals surface area contributed by atoms with Crippen molar-refractivity contribution in [1.29, 1.82) is 0 Å². The van der Waals surface area contributed by atoms with E-state index >= 15 is 0 Å². The van der Waals surface area contributed by atoms with E-state index in [1.54, 1.807) is 12.3 Å². The minimum Gasteiger partial charge on any atom is -0.379 e. The quantitative estimate of drug-likeness (QED) is 0.631. The summed E-state index contributed by atoms with van der Waals surface area (Å²) >= 11 is 3.45. The SMILES string of the molecule is NC(=O)c1cc(CN2CCOCC2)cc(Nc2ncc3cc(Br)ccc3n2)c1. The molecular weight excluding hydrogens is 422 g/mol. The predicted octanol–water partition coefficient (Wildman–Crippen LogP) is 3.07. The molecule has 3 aromatic rings. The molecule has 2 heterocycles. The lowest BCUT2D eigenvalue weighted by Crippen LogP contribution is -2.35. The summed E-state index contributed by atoms with van der Waals surface area (Å²) in [6.45, 7) is 3.91. The van der Waals surface area contributed by atoms with Crippen LogP contribution in [0.3, 0.4) is 0 Å². The number of primary amides is 1. The zero-order chi connectivity index (χ0) is 19.5. The number of hydrogen-bond acceptors (Lipinski definition) is 6. The molecule has 0 spiro atoms. The highest BCUT2D eigenvalue weighted by Crippen LogP contribution is 2.22. The maximum atomic E-state index is 11.8. The van der Waals surface area contributed by atoms with Crippen LogP contribution in [0.25, 0.3) is 10.9 Å². The topological polar surface area (TPSA) is 93.4 Å². The van der Waals surface area contributed by atoms with Gasteiger partial charge in [0.1, 0.15) is 0 Å². The number of rotatable bonds is 5. The third kappa shape index (κ3) is 4.46. The van der Waals surface area contributed by atoms with Crippen LogP contribution in [0.15, 0.2) is 47.1 Å². The summed E-state index contributed by atoms with van der Waals surface area (Å²) in [6, 6.07) is 11.4. The van der Waals surface area contributed by atoms with Gasteiger partial charge in [0.2, 0.25) is 11.9 Å². The van der Waals surface area contributed by atoms with Crippen molar-refractivity contribution in [2.75, 3.05) is 31.6 Å². The standard InChI is InChI=1S/C20H20BrN5O2/c21-16-1-2-18-15(9-16)11-23-20(25-18)24-17-8-13(7-14(10-17)19(22)27)12-26-3-5-28-6-4-26/h1-2,7-11H,3-6,12H2,(H2,22,27)(H,23,24,25). The lowest BCUT2D eigenvalue weighted by molar-refractivity contribution is 0.0342. The third-order valence-corrected chi connectivity index (χ3v) is 5.08. The average molecular weight is 442 g/mol. The molecule has 144 valence electrons. The van der Waals surface area contributed by atoms with Crippen LogP contribution in [0.5, 0.6) is 0 Å². The van der Waals surface area contributed by atoms with E-state index in [0.717, 1.165) is 59.5 Å². The van der Waals surface area contributed by atoms with Crippen molar-refractivity contribution in [3.8, 4) is 0 Å². The Labute approximate surface area is 171 Å². The van der Waals surface area contributed by atoms with E-state index in [-0.39, 0.29) is 0 Å². The molecule has 1 amide bonds. The van der Waals surface area contributed by atoms with Crippen molar-refractivity contribution in [1.82, 2.24) is 14.9 Å². The summed E-state index contributed by atoms with van der Waals surface area (Å²) in [6.07, 6.45) is 1.77. The number of benzene rings is 2. The number of carbonyl (C=O) groups excluding carboxylic acids is 1. The summed E-state index contributed by atoms with van der Waals surface area (Å²) < 4.78 is 6.37. The zero-order valence-corrected chi connectivity index (χ0v) is 16.8. The van der Waals surface area contributed by atoms with E-state index in [9.17, 15) is 4.79 Å². The number of hydrogen-bond donors (Lipinski definition) is 2. The van der Waals surface area contributed by atoms with Gasteiger partial charge in [0.25, 0.3) is 0 Å². The first kappa shape index (κ1) is 18.8. The van der Waals surface area contributed by atoms with Crippen LogP contribution < -0.4 is 11.1 Å². The Morgan fingerprint density at radius 2 is 2.04 bits per heavy atom. The highest BCUT2D eigenvalue weighted by molar-refractivity contribution is 9.10. The third-order valence-electron chi connectivity index (χ3n) is 4.59. The number of morpholine rings is 1. The molecule has 3 N–H and O–H groups in total. The van der Waals surface area contributed by atoms with Crippen LogP contribution in [-0.2, 0) is 11.3 Å². The first-order valence-electron chi connectivity index (χ1n) is 9.00. The number of ether oxygens (including phenoxy) is 1. The smallest absolute Gasteiger partial charge is 0.248 e. The van der Waals surface area contributed by atoms with Crippen LogP contribution in [0.2, 0.25) is 0 Å². The molecule has 0 saturated carbocycles. The number of halogens is 1. The van der Waals surface area contributed by atoms with E-state index < -0.39 is 5.91 Å². The molecule has 1 aliphatic heterocycles. The van der Waals surface area contributed by atoms with E-state index in [2.05, 4.69) is 36.1 Å². The minimum atomic E-state index is -0.462. The van der Waals surface area contributed by atoms with Crippen molar-refractivity contribution in [3.63, 3.8) is 0 Å². The average Bonchev–Trinajstić information content (AvgIpc) is 2.68. The Kier molecular flexibility index (Phi) is 5.52. The van der Waals surface area contributed by atoms with Crippen LogP contribution in [0, 0.1) is 0 Å². The molecule has 8 heteroatoms. The molecule has 0 aliphatic carbocycles. The molecule has 1 aromatic heterocycles. The van der Waals surface area contributed by atoms with Crippen molar-refractivity contribution in [2.24, 2.45) is 5.73 Å². The van der Waals surface area contributed by atoms with Gasteiger partial charge in [-0.3, -0.25) is 9.69 Å². The molecule has 0 radical (unpaired) electrons. The molecule has 7 nitrogen and oxygen atoms in total. The number of nitrogens with zero attached hydrogens (tertiary/aromatic N) is 3. The van der Waals surface area contributed by atoms with Crippen LogP contribution in [-0.4, -0.2) is 47.1 Å². The van der Waals surface area contributed by atoms with E-state index in [1.807, 2.05) is 30.3 Å². The maximum Gasteiger partial charge on any atom is 0.248 e. The number of nitrogens with one attached hydrogen (secondary N) is 1. The molecule has 0 bridgehead atoms. The van der Waals surface area contributed by atoms with Gasteiger partial charge >= 0.3 is 0 Å². The Bertz CT molecular complexity index is 1020. The van der Waals surface area contributed by atoms with Crippen molar-refractivity contribution >= 4 is 44.4 Å². The fourth-order valence-corrected chi connectivity index (χ4v) is 3.59. The second-order valence-corrected chi connectivity index (χ2v) is 7.61. The number of aromatic nitrogens is 2. The van der Waals surface area contributed by atoms with E-state index in [4.69, 9.17) is 10.5 Å². The molecule has 1 saturated heterocycles. The van der Waals surface area contributed by atoms with Crippen LogP contribution in [0.4, 0.5) is 11.6 Å². The molecule has 1 aliphatic rings. The number of fused-ring (bicyclic) bond motifs is 1. The van der Waals surface area contributed by atoms with Gasteiger partial charge in [0.05, 0.1) is 18.7 Å². The summed E-state index contributed by atoms with van der Waals surface area (Å²) in [5, 5.41) is 4.14. The number of nitrogens with two attached hydrogens (primary N) is 1. The van der Waals surface area contributed by atoms with Gasteiger partial charge in [-0.2, -0.15) is 0 Å². The monoisotopic (exact) mass is 441 g/mol. The summed E-state index contributed by atoms with van der Waals surface area (Å²) in [5.74, 6) is 0.00456. The molecule has 0 atom stereocenters. The number of amides is 1. The second-order valence-electron chi connectivity index (χ2n) is 6.69. The highest BCUT2D eigenvalue weighted by atomic mass is 79.9. The largest absolute Gasteiger partial charge is 0.379 e. The lowest BCUT2D eigenvalue weighted by Gasteiger charge is -2.26. The van der Waals surface area contributed by atoms with Gasteiger partial charge in [0, 0.05) is 46.9 Å². The molecule has 4 rings (SSSR count). The molecule has 28 heavy (non-hydrogen) atoms. The fourth-order valence-electron chi connectivity index (χ4n) is 3.21. The van der Waals surface area contributed by atoms with Crippen LogP contribution in [0.1, 0.15) is 15.9 Å². The van der Waals surface area contributed by atoms with Gasteiger partial charge < -0.3 is 15.8 Å². The fraction of sp³-hybridized carbons (Fsp3) is 0.250.